The van der Waals surface area contributed by atoms with E-state index in [1.54, 1.807) is 19.1 Å². The van der Waals surface area contributed by atoms with Crippen LogP contribution in [-0.2, 0) is 0 Å². The van der Waals surface area contributed by atoms with Gasteiger partial charge in [0.05, 0.1) is 17.6 Å². The van der Waals surface area contributed by atoms with E-state index in [0.29, 0.717) is 17.9 Å². The van der Waals surface area contributed by atoms with Gasteiger partial charge in [-0.1, -0.05) is 30.3 Å². The smallest absolute Gasteiger partial charge is 0.295 e. The highest BCUT2D eigenvalue weighted by Crippen LogP contribution is 2.37. The van der Waals surface area contributed by atoms with Gasteiger partial charge in [-0.2, -0.15) is 0 Å². The number of hydrogen-bond acceptors (Lipinski definition) is 4. The maximum atomic E-state index is 11.3. The summed E-state index contributed by atoms with van der Waals surface area (Å²) in [4.78, 5) is 10.9. The molecule has 2 aromatic carbocycles. The van der Waals surface area contributed by atoms with Gasteiger partial charge in [0.2, 0.25) is 0 Å². The zero-order chi connectivity index (χ0) is 14.8. The number of rotatable bonds is 3. The molecule has 3 rings (SSSR count). The van der Waals surface area contributed by atoms with Crippen molar-refractivity contribution < 1.29 is 9.66 Å². The van der Waals surface area contributed by atoms with Crippen LogP contribution < -0.4 is 10.1 Å². The number of nitro benzene ring substituents is 1. The van der Waals surface area contributed by atoms with Crippen molar-refractivity contribution in [3.63, 3.8) is 0 Å². The number of nitro groups is 1. The maximum absolute atomic E-state index is 11.3. The summed E-state index contributed by atoms with van der Waals surface area (Å²) in [5.74, 6) is 0.844. The molecule has 5 nitrogen and oxygen atoms in total. The van der Waals surface area contributed by atoms with Gasteiger partial charge in [0.1, 0.15) is 11.4 Å². The van der Waals surface area contributed by atoms with Crippen LogP contribution in [0.4, 0.5) is 11.4 Å². The number of hydrogen-bond donors (Lipinski definition) is 1. The molecule has 0 fully saturated rings. The van der Waals surface area contributed by atoms with E-state index in [1.807, 2.05) is 30.3 Å². The molecule has 21 heavy (non-hydrogen) atoms. The topological polar surface area (TPSA) is 64.4 Å². The summed E-state index contributed by atoms with van der Waals surface area (Å²) < 4.78 is 5.62. The van der Waals surface area contributed by atoms with E-state index in [-0.39, 0.29) is 16.7 Å². The van der Waals surface area contributed by atoms with E-state index in [0.717, 1.165) is 17.7 Å². The lowest BCUT2D eigenvalue weighted by Crippen LogP contribution is -2.20. The van der Waals surface area contributed by atoms with Crippen LogP contribution in [0.3, 0.4) is 0 Å². The molecule has 0 amide bonds. The first-order chi connectivity index (χ1) is 10.2. The van der Waals surface area contributed by atoms with Crippen molar-refractivity contribution in [1.82, 2.24) is 0 Å². The molecule has 0 saturated heterocycles. The Morgan fingerprint density at radius 3 is 2.86 bits per heavy atom. The number of para-hydroxylation sites is 2. The molecule has 5 heteroatoms. The Morgan fingerprint density at radius 1 is 1.24 bits per heavy atom. The molecule has 1 unspecified atom stereocenters. The molecule has 0 saturated carbocycles. The quantitative estimate of drug-likeness (QED) is 0.687. The van der Waals surface area contributed by atoms with Crippen LogP contribution in [0.2, 0.25) is 0 Å². The van der Waals surface area contributed by atoms with Gasteiger partial charge in [0, 0.05) is 17.5 Å². The number of anilines is 1. The Bertz CT molecular complexity index is 685. The third-order valence-corrected chi connectivity index (χ3v) is 3.71. The Balaban J connectivity index is 1.96. The minimum atomic E-state index is -0.330. The van der Waals surface area contributed by atoms with Gasteiger partial charge in [-0.05, 0) is 19.1 Å². The molecule has 0 aromatic heterocycles. The molecule has 1 N–H and O–H groups in total. The zero-order valence-electron chi connectivity index (χ0n) is 11.7. The Kier molecular flexibility index (Phi) is 3.48. The lowest BCUT2D eigenvalue weighted by atomic mass is 10.00. The Labute approximate surface area is 122 Å². The predicted octanol–water partition coefficient (Wildman–Crippen LogP) is 3.84. The molecule has 0 radical (unpaired) electrons. The van der Waals surface area contributed by atoms with E-state index in [1.165, 1.54) is 0 Å². The van der Waals surface area contributed by atoms with Crippen LogP contribution in [0.5, 0.6) is 5.75 Å². The van der Waals surface area contributed by atoms with Crippen LogP contribution in [-0.4, -0.2) is 11.5 Å². The van der Waals surface area contributed by atoms with Crippen LogP contribution >= 0.6 is 0 Å². The molecule has 2 aromatic rings. The molecule has 108 valence electrons. The van der Waals surface area contributed by atoms with Gasteiger partial charge in [-0.15, -0.1) is 0 Å². The van der Waals surface area contributed by atoms with E-state index in [9.17, 15) is 10.1 Å². The second-order valence-corrected chi connectivity index (χ2v) is 5.10. The van der Waals surface area contributed by atoms with Gasteiger partial charge in [0.25, 0.3) is 5.69 Å². The molecule has 0 spiro atoms. The first-order valence-electron chi connectivity index (χ1n) is 6.89. The average molecular weight is 284 g/mol. The second-order valence-electron chi connectivity index (χ2n) is 5.10. The summed E-state index contributed by atoms with van der Waals surface area (Å²) in [6.45, 7) is 2.36. The number of aryl methyl sites for hydroxylation is 1. The van der Waals surface area contributed by atoms with Crippen molar-refractivity contribution in [2.24, 2.45) is 0 Å². The molecule has 1 heterocycles. The molecule has 1 aliphatic heterocycles. The molecule has 0 aliphatic carbocycles. The standard InChI is InChI=1S/C16H16N2O3/c1-11-5-4-7-14(16(11)18(19)20)17-13-9-10-21-15-8-3-2-6-12(13)15/h2-8,13,17H,9-10H2,1H3. The van der Waals surface area contributed by atoms with Gasteiger partial charge >= 0.3 is 0 Å². The van der Waals surface area contributed by atoms with E-state index in [4.69, 9.17) is 4.74 Å². The highest BCUT2D eigenvalue weighted by Gasteiger charge is 2.24. The lowest BCUT2D eigenvalue weighted by Gasteiger charge is -2.27. The first-order valence-corrected chi connectivity index (χ1v) is 6.89. The first kappa shape index (κ1) is 13.4. The second kappa shape index (κ2) is 5.44. The number of ether oxygens (including phenoxy) is 1. The van der Waals surface area contributed by atoms with Crippen molar-refractivity contribution >= 4 is 11.4 Å². The maximum Gasteiger partial charge on any atom is 0.295 e. The molecular weight excluding hydrogens is 268 g/mol. The normalized spacial score (nSPS) is 16.7. The number of benzene rings is 2. The SMILES string of the molecule is Cc1cccc(NC2CCOc3ccccc32)c1[N+](=O)[O-]. The van der Waals surface area contributed by atoms with Gasteiger partial charge in [0.15, 0.2) is 0 Å². The van der Waals surface area contributed by atoms with Gasteiger partial charge in [-0.25, -0.2) is 0 Å². The monoisotopic (exact) mass is 284 g/mol. The highest BCUT2D eigenvalue weighted by atomic mass is 16.6. The van der Waals surface area contributed by atoms with Crippen LogP contribution in [0.25, 0.3) is 0 Å². The average Bonchev–Trinajstić information content (AvgIpc) is 2.47. The minimum Gasteiger partial charge on any atom is -0.493 e. The van der Waals surface area contributed by atoms with Gasteiger partial charge in [-0.3, -0.25) is 10.1 Å². The van der Waals surface area contributed by atoms with E-state index in [2.05, 4.69) is 5.32 Å². The Hall–Kier alpha value is -2.56. The Morgan fingerprint density at radius 2 is 2.05 bits per heavy atom. The summed E-state index contributed by atoms with van der Waals surface area (Å²) >= 11 is 0. The van der Waals surface area contributed by atoms with E-state index >= 15 is 0 Å². The van der Waals surface area contributed by atoms with Crippen LogP contribution in [0.1, 0.15) is 23.6 Å². The van der Waals surface area contributed by atoms with Crippen molar-refractivity contribution in [3.8, 4) is 5.75 Å². The fourth-order valence-corrected chi connectivity index (χ4v) is 2.70. The molecule has 1 atom stereocenters. The van der Waals surface area contributed by atoms with Gasteiger partial charge < -0.3 is 10.1 Å². The number of nitrogens with zero attached hydrogens (tertiary/aromatic N) is 1. The van der Waals surface area contributed by atoms with Crippen molar-refractivity contribution in [1.29, 1.82) is 0 Å². The summed E-state index contributed by atoms with van der Waals surface area (Å²) in [6.07, 6.45) is 0.780. The highest BCUT2D eigenvalue weighted by molar-refractivity contribution is 5.66. The summed E-state index contributed by atoms with van der Waals surface area (Å²) in [7, 11) is 0. The molecule has 0 bridgehead atoms. The minimum absolute atomic E-state index is 0.0236. The summed E-state index contributed by atoms with van der Waals surface area (Å²) in [5.41, 5.74) is 2.40. The number of nitrogens with one attached hydrogen (secondary N) is 1. The lowest BCUT2D eigenvalue weighted by molar-refractivity contribution is -0.384. The van der Waals surface area contributed by atoms with E-state index < -0.39 is 0 Å². The number of fused-ring (bicyclic) bond motifs is 1. The zero-order valence-corrected chi connectivity index (χ0v) is 11.7. The predicted molar refractivity (Wildman–Crippen MR) is 80.8 cm³/mol. The van der Waals surface area contributed by atoms with Crippen molar-refractivity contribution in [2.45, 2.75) is 19.4 Å². The molecular formula is C16H16N2O3. The van der Waals surface area contributed by atoms with Crippen molar-refractivity contribution in [3.05, 3.63) is 63.7 Å². The largest absolute Gasteiger partial charge is 0.493 e. The fraction of sp³-hybridized carbons (Fsp3) is 0.250. The summed E-state index contributed by atoms with van der Waals surface area (Å²) in [6, 6.07) is 13.2. The fourth-order valence-electron chi connectivity index (χ4n) is 2.70. The third-order valence-electron chi connectivity index (χ3n) is 3.71. The van der Waals surface area contributed by atoms with Crippen molar-refractivity contribution in [2.75, 3.05) is 11.9 Å². The summed E-state index contributed by atoms with van der Waals surface area (Å²) in [5, 5.41) is 14.6. The third kappa shape index (κ3) is 2.54. The van der Waals surface area contributed by atoms with Crippen LogP contribution in [0, 0.1) is 17.0 Å². The molecule has 1 aliphatic rings. The van der Waals surface area contributed by atoms with Crippen LogP contribution in [0.15, 0.2) is 42.5 Å².